The topological polar surface area (TPSA) is 38.3 Å². The zero-order valence-corrected chi connectivity index (χ0v) is 8.31. The van der Waals surface area contributed by atoms with Gasteiger partial charge in [-0.05, 0) is 11.0 Å². The van der Waals surface area contributed by atoms with Gasteiger partial charge in [0.1, 0.15) is 6.61 Å². The number of hydrogen-bond acceptors (Lipinski definition) is 2. The van der Waals surface area contributed by atoms with Crippen LogP contribution in [0.4, 0.5) is 4.79 Å². The first kappa shape index (κ1) is 14.0. The number of ether oxygens (including phenoxy) is 1. The fourth-order valence-corrected chi connectivity index (χ4v) is 1.16. The van der Waals surface area contributed by atoms with Crippen LogP contribution in [0.5, 0.6) is 0 Å². The predicted molar refractivity (Wildman–Crippen MR) is 59.4 cm³/mol. The van der Waals surface area contributed by atoms with Crippen LogP contribution in [0.25, 0.3) is 0 Å². The first-order chi connectivity index (χ1) is 4.95. The average Bonchev–Trinajstić information content (AvgIpc) is 1.79. The van der Waals surface area contributed by atoms with Crippen molar-refractivity contribution in [2.45, 2.75) is 19.6 Å². The molecule has 0 aromatic heterocycles. The number of hydrogen-bond donors (Lipinski definition) is 1. The van der Waals surface area contributed by atoms with Gasteiger partial charge >= 0.3 is 6.09 Å². The van der Waals surface area contributed by atoms with E-state index in [4.69, 9.17) is 4.74 Å². The van der Waals surface area contributed by atoms with Crippen molar-refractivity contribution < 1.29 is 9.53 Å². The van der Waals surface area contributed by atoms with E-state index in [1.807, 2.05) is 19.6 Å². The van der Waals surface area contributed by atoms with E-state index in [2.05, 4.69) is 11.6 Å². The van der Waals surface area contributed by atoms with Crippen LogP contribution in [0, 0.1) is 0 Å². The Morgan fingerprint density at radius 3 is 2.42 bits per heavy atom. The number of nitrogens with one attached hydrogen (secondary N) is 1. The van der Waals surface area contributed by atoms with Crippen molar-refractivity contribution >= 4 is 25.3 Å². The first-order valence-corrected chi connectivity index (χ1v) is 7.01. The molecular formula is C7H19NO2Si2. The smallest absolute Gasteiger partial charge is 0.399 e. The minimum absolute atomic E-state index is 0. The summed E-state index contributed by atoms with van der Waals surface area (Å²) in [5, 5.41) is 0. The monoisotopic (exact) mass is 205 g/mol. The maximum Gasteiger partial charge on any atom is 0.399 e. The molecule has 12 heavy (non-hydrogen) atoms. The van der Waals surface area contributed by atoms with Gasteiger partial charge in [0, 0.05) is 0 Å². The number of carbonyl (C=O) groups excluding carboxylic acids is 1. The van der Waals surface area contributed by atoms with Crippen molar-refractivity contribution in [1.82, 2.24) is 4.98 Å². The van der Waals surface area contributed by atoms with Crippen LogP contribution >= 0.6 is 0 Å². The molecule has 0 spiro atoms. The molecule has 0 saturated heterocycles. The summed E-state index contributed by atoms with van der Waals surface area (Å²) >= 11 is 0. The molecule has 0 aromatic carbocycles. The molecule has 0 radical (unpaired) electrons. The van der Waals surface area contributed by atoms with E-state index >= 15 is 0 Å². The molecule has 3 nitrogen and oxygen atoms in total. The summed E-state index contributed by atoms with van der Waals surface area (Å²) in [6.07, 6.45) is 1.20. The highest BCUT2D eigenvalue weighted by Gasteiger charge is 2.16. The highest BCUT2D eigenvalue weighted by Crippen LogP contribution is 1.94. The molecule has 0 heterocycles. The highest BCUT2D eigenvalue weighted by atomic mass is 28.3. The van der Waals surface area contributed by atoms with Gasteiger partial charge in [0.25, 0.3) is 0 Å². The van der Waals surface area contributed by atoms with Crippen LogP contribution in [-0.4, -0.2) is 31.9 Å². The molecule has 0 aliphatic rings. The van der Waals surface area contributed by atoms with Crippen molar-refractivity contribution in [3.8, 4) is 0 Å². The zero-order chi connectivity index (χ0) is 8.91. The average molecular weight is 205 g/mol. The molecule has 0 aliphatic heterocycles. The SMILES string of the molecule is C=CCOC(=O)N[Si](C)(C)C.[SiH4]. The van der Waals surface area contributed by atoms with Gasteiger partial charge in [-0.1, -0.05) is 32.3 Å². The van der Waals surface area contributed by atoms with Gasteiger partial charge in [-0.15, -0.1) is 0 Å². The summed E-state index contributed by atoms with van der Waals surface area (Å²) in [6, 6.07) is 0. The highest BCUT2D eigenvalue weighted by molar-refractivity contribution is 6.75. The molecule has 1 amide bonds. The van der Waals surface area contributed by atoms with Gasteiger partial charge in [-0.2, -0.15) is 0 Å². The zero-order valence-electron chi connectivity index (χ0n) is 7.31. The molecule has 72 valence electrons. The van der Waals surface area contributed by atoms with E-state index in [1.165, 1.54) is 0 Å². The molecule has 0 aromatic rings. The van der Waals surface area contributed by atoms with Crippen LogP contribution < -0.4 is 4.98 Å². The van der Waals surface area contributed by atoms with Crippen LogP contribution in [-0.2, 0) is 4.74 Å². The Bertz CT molecular complexity index is 154. The lowest BCUT2D eigenvalue weighted by molar-refractivity contribution is 0.164. The number of amides is 1. The van der Waals surface area contributed by atoms with Crippen LogP contribution in [0.3, 0.4) is 0 Å². The Hall–Kier alpha value is -0.556. The second-order valence-corrected chi connectivity index (χ2v) is 8.01. The molecule has 5 heteroatoms. The van der Waals surface area contributed by atoms with E-state index < -0.39 is 8.24 Å². The minimum Gasteiger partial charge on any atom is -0.446 e. The summed E-state index contributed by atoms with van der Waals surface area (Å²) in [5.41, 5.74) is 0. The van der Waals surface area contributed by atoms with E-state index in [9.17, 15) is 4.79 Å². The maximum atomic E-state index is 10.9. The normalized spacial score (nSPS) is 9.58. The summed E-state index contributed by atoms with van der Waals surface area (Å²) in [6.45, 7) is 9.80. The Morgan fingerprint density at radius 2 is 2.08 bits per heavy atom. The van der Waals surface area contributed by atoms with E-state index in [0.717, 1.165) is 0 Å². The van der Waals surface area contributed by atoms with Crippen molar-refractivity contribution in [1.29, 1.82) is 0 Å². The van der Waals surface area contributed by atoms with E-state index in [-0.39, 0.29) is 23.7 Å². The predicted octanol–water partition coefficient (Wildman–Crippen LogP) is 0.282. The molecule has 0 unspecified atom stereocenters. The maximum absolute atomic E-state index is 10.9. The Labute approximate surface area is 79.3 Å². The van der Waals surface area contributed by atoms with Crippen LogP contribution in [0.2, 0.25) is 19.6 Å². The Kier molecular flexibility index (Phi) is 7.02. The molecular weight excluding hydrogens is 186 g/mol. The van der Waals surface area contributed by atoms with Gasteiger partial charge in [0.05, 0.1) is 0 Å². The van der Waals surface area contributed by atoms with Crippen LogP contribution in [0.15, 0.2) is 12.7 Å². The molecule has 0 fully saturated rings. The Morgan fingerprint density at radius 1 is 1.58 bits per heavy atom. The second kappa shape index (κ2) is 6.02. The standard InChI is InChI=1S/C7H15NO2Si.H4Si/c1-5-6-10-7(9)8-11(2,3)4;/h5H,1,6H2,2-4H3,(H,8,9);1H4. The lowest BCUT2D eigenvalue weighted by atomic mass is 10.7. The minimum atomic E-state index is -1.53. The quantitative estimate of drug-likeness (QED) is 0.531. The second-order valence-electron chi connectivity index (χ2n) is 3.26. The summed E-state index contributed by atoms with van der Waals surface area (Å²) in [4.78, 5) is 13.7. The van der Waals surface area contributed by atoms with Crippen molar-refractivity contribution in [2.24, 2.45) is 0 Å². The van der Waals surface area contributed by atoms with Gasteiger partial charge in [-0.3, -0.25) is 0 Å². The van der Waals surface area contributed by atoms with Crippen molar-refractivity contribution in [3.63, 3.8) is 0 Å². The molecule has 0 rings (SSSR count). The van der Waals surface area contributed by atoms with Gasteiger partial charge in [0.15, 0.2) is 8.24 Å². The summed E-state index contributed by atoms with van der Waals surface area (Å²) in [7, 11) is -1.53. The lowest BCUT2D eigenvalue weighted by Gasteiger charge is -2.16. The summed E-state index contributed by atoms with van der Waals surface area (Å²) in [5.74, 6) is 0. The summed E-state index contributed by atoms with van der Waals surface area (Å²) < 4.78 is 4.73. The molecule has 0 saturated carbocycles. The number of rotatable bonds is 3. The molecule has 1 N–H and O–H groups in total. The third-order valence-electron chi connectivity index (χ3n) is 0.809. The van der Waals surface area contributed by atoms with Crippen molar-refractivity contribution in [3.05, 3.63) is 12.7 Å². The largest absolute Gasteiger partial charge is 0.446 e. The number of carbonyl (C=O) groups is 1. The van der Waals surface area contributed by atoms with E-state index in [0.29, 0.717) is 0 Å². The third-order valence-corrected chi connectivity index (χ3v) is 1.76. The third kappa shape index (κ3) is 9.44. The van der Waals surface area contributed by atoms with Gasteiger partial charge < -0.3 is 9.72 Å². The van der Waals surface area contributed by atoms with E-state index in [1.54, 1.807) is 6.08 Å². The van der Waals surface area contributed by atoms with Crippen molar-refractivity contribution in [2.75, 3.05) is 6.61 Å². The molecule has 0 atom stereocenters. The Balaban J connectivity index is 0. The first-order valence-electron chi connectivity index (χ1n) is 3.51. The fourth-order valence-electron chi connectivity index (χ4n) is 0.477. The molecule has 0 bridgehead atoms. The lowest BCUT2D eigenvalue weighted by Crippen LogP contribution is -2.45. The fraction of sp³-hybridized carbons (Fsp3) is 0.571. The van der Waals surface area contributed by atoms with Gasteiger partial charge in [-0.25, -0.2) is 4.79 Å². The van der Waals surface area contributed by atoms with Gasteiger partial charge in [0.2, 0.25) is 0 Å². The van der Waals surface area contributed by atoms with Crippen LogP contribution in [0.1, 0.15) is 0 Å². The molecule has 0 aliphatic carbocycles.